The first-order chi connectivity index (χ1) is 27.0. The van der Waals surface area contributed by atoms with Crippen molar-refractivity contribution in [3.05, 3.63) is 72.9 Å². The molecule has 0 saturated carbocycles. The number of ether oxygens (including phenoxy) is 1. The van der Waals surface area contributed by atoms with Crippen LogP contribution < -0.4 is 5.32 Å². The summed E-state index contributed by atoms with van der Waals surface area (Å²) >= 11 is 0. The average Bonchev–Trinajstić information content (AvgIpc) is 3.18. The first-order valence-corrected chi connectivity index (χ1v) is 22.7. The van der Waals surface area contributed by atoms with E-state index in [4.69, 9.17) is 4.74 Å². The van der Waals surface area contributed by atoms with Gasteiger partial charge < -0.3 is 20.3 Å². The van der Waals surface area contributed by atoms with Gasteiger partial charge in [0.25, 0.3) is 0 Å². The van der Waals surface area contributed by atoms with Gasteiger partial charge in [0.05, 0.1) is 25.2 Å². The predicted octanol–water partition coefficient (Wildman–Crippen LogP) is 13.1. The summed E-state index contributed by atoms with van der Waals surface area (Å²) in [6.07, 6.45) is 52.5. The molecule has 1 amide bonds. The lowest BCUT2D eigenvalue weighted by Crippen LogP contribution is -2.46. The highest BCUT2D eigenvalue weighted by atomic mass is 16.5. The monoisotopic (exact) mass is 768 g/mol. The summed E-state index contributed by atoms with van der Waals surface area (Å²) in [5.74, 6) is -0.568. The maximum absolute atomic E-state index is 13.1. The molecule has 0 radical (unpaired) electrons. The second-order valence-corrected chi connectivity index (χ2v) is 15.1. The van der Waals surface area contributed by atoms with Gasteiger partial charge in [0.15, 0.2) is 0 Å². The minimum absolute atomic E-state index is 0.0408. The van der Waals surface area contributed by atoms with Crippen LogP contribution in [-0.2, 0) is 14.3 Å². The van der Waals surface area contributed by atoms with Gasteiger partial charge in [-0.25, -0.2) is 0 Å². The molecule has 0 aliphatic carbocycles. The van der Waals surface area contributed by atoms with Crippen molar-refractivity contribution in [1.29, 1.82) is 0 Å². The van der Waals surface area contributed by atoms with E-state index < -0.39 is 18.2 Å². The largest absolute Gasteiger partial charge is 0.462 e. The maximum Gasteiger partial charge on any atom is 0.306 e. The van der Waals surface area contributed by atoms with Crippen molar-refractivity contribution in [3.63, 3.8) is 0 Å². The van der Waals surface area contributed by atoms with Crippen LogP contribution in [0.3, 0.4) is 0 Å². The van der Waals surface area contributed by atoms with E-state index in [0.29, 0.717) is 25.7 Å². The van der Waals surface area contributed by atoms with Gasteiger partial charge in [-0.15, -0.1) is 0 Å². The van der Waals surface area contributed by atoms with E-state index in [0.717, 1.165) is 89.9 Å². The van der Waals surface area contributed by atoms with E-state index in [1.165, 1.54) is 57.8 Å². The maximum atomic E-state index is 13.1. The molecular formula is C49H85NO5. The first-order valence-electron chi connectivity index (χ1n) is 22.7. The minimum atomic E-state index is -0.800. The zero-order chi connectivity index (χ0) is 40.3. The topological polar surface area (TPSA) is 95.9 Å². The lowest BCUT2D eigenvalue weighted by atomic mass is 10.0. The number of aliphatic hydroxyl groups is 2. The number of hydrogen-bond acceptors (Lipinski definition) is 5. The van der Waals surface area contributed by atoms with Crippen LogP contribution in [-0.4, -0.2) is 46.9 Å². The molecule has 0 heterocycles. The van der Waals surface area contributed by atoms with Crippen LogP contribution in [0.2, 0.25) is 0 Å². The van der Waals surface area contributed by atoms with Crippen molar-refractivity contribution in [2.75, 3.05) is 6.61 Å². The summed E-state index contributed by atoms with van der Waals surface area (Å²) in [7, 11) is 0. The van der Waals surface area contributed by atoms with Gasteiger partial charge in [-0.2, -0.15) is 0 Å². The molecule has 0 saturated heterocycles. The summed E-state index contributed by atoms with van der Waals surface area (Å²) in [6, 6.07) is -0.717. The Kier molecular flexibility index (Phi) is 40.4. The Balaban J connectivity index is 4.68. The van der Waals surface area contributed by atoms with E-state index >= 15 is 0 Å². The van der Waals surface area contributed by atoms with E-state index in [1.807, 2.05) is 0 Å². The lowest BCUT2D eigenvalue weighted by Gasteiger charge is -2.24. The SMILES string of the molecule is CC/C=C\C/C=C\C/C=C\C/C=C\C/C=C\CCCC(=O)OC(CCCCC/C=C\CCCCC)CC(=O)NC(CO)C(O)CCCCCCCCCCC. The third-order valence-electron chi connectivity index (χ3n) is 9.77. The quantitative estimate of drug-likeness (QED) is 0.0329. The third-order valence-corrected chi connectivity index (χ3v) is 9.77. The van der Waals surface area contributed by atoms with E-state index in [2.05, 4.69) is 99.0 Å². The lowest BCUT2D eigenvalue weighted by molar-refractivity contribution is -0.151. The Bertz CT molecular complexity index is 1040. The Morgan fingerprint density at radius 2 is 0.982 bits per heavy atom. The summed E-state index contributed by atoms with van der Waals surface area (Å²) in [5, 5.41) is 23.5. The molecule has 0 aliphatic rings. The van der Waals surface area contributed by atoms with Gasteiger partial charge in [-0.05, 0) is 89.9 Å². The molecule has 0 aromatic rings. The molecule has 0 fully saturated rings. The van der Waals surface area contributed by atoms with Crippen LogP contribution >= 0.6 is 0 Å². The Morgan fingerprint density at radius 3 is 1.55 bits per heavy atom. The Morgan fingerprint density at radius 1 is 0.545 bits per heavy atom. The molecule has 0 bridgehead atoms. The molecule has 0 aromatic carbocycles. The van der Waals surface area contributed by atoms with Crippen LogP contribution in [0.4, 0.5) is 0 Å². The number of carbonyl (C=O) groups excluding carboxylic acids is 2. The second-order valence-electron chi connectivity index (χ2n) is 15.1. The molecule has 3 N–H and O–H groups in total. The second kappa shape index (κ2) is 42.4. The standard InChI is InChI=1S/C49H85NO5/c1-4-7-10-13-16-19-21-22-23-24-25-26-27-30-33-36-39-42-49(54)55-45(40-37-34-31-29-20-17-14-11-8-5-2)43-48(53)50-46(44-51)47(52)41-38-35-32-28-18-15-12-9-6-3/h7,10,16-17,19-20,22-23,25-26,30,33,45-47,51-52H,4-6,8-9,11-15,18,21,24,27-29,31-32,34-44H2,1-3H3,(H,50,53)/b10-7-,19-16-,20-17-,23-22-,26-25-,33-30-. The van der Waals surface area contributed by atoms with Crippen LogP contribution in [0.25, 0.3) is 0 Å². The molecule has 0 aromatic heterocycles. The zero-order valence-electron chi connectivity index (χ0n) is 35.8. The number of unbranched alkanes of at least 4 members (excludes halogenated alkanes) is 15. The highest BCUT2D eigenvalue weighted by molar-refractivity contribution is 5.77. The minimum Gasteiger partial charge on any atom is -0.462 e. The van der Waals surface area contributed by atoms with E-state index in [-0.39, 0.29) is 24.9 Å². The third kappa shape index (κ3) is 38.0. The summed E-state index contributed by atoms with van der Waals surface area (Å²) in [6.45, 7) is 6.28. The van der Waals surface area contributed by atoms with Crippen molar-refractivity contribution >= 4 is 11.9 Å². The molecule has 316 valence electrons. The highest BCUT2D eigenvalue weighted by Gasteiger charge is 2.24. The van der Waals surface area contributed by atoms with Gasteiger partial charge in [-0.3, -0.25) is 9.59 Å². The van der Waals surface area contributed by atoms with Gasteiger partial charge >= 0.3 is 5.97 Å². The van der Waals surface area contributed by atoms with Crippen molar-refractivity contribution in [1.82, 2.24) is 5.32 Å². The van der Waals surface area contributed by atoms with Gasteiger partial charge in [0, 0.05) is 6.42 Å². The van der Waals surface area contributed by atoms with Crippen molar-refractivity contribution < 1.29 is 24.5 Å². The van der Waals surface area contributed by atoms with Crippen LogP contribution in [0, 0.1) is 0 Å². The van der Waals surface area contributed by atoms with Crippen molar-refractivity contribution in [3.8, 4) is 0 Å². The predicted molar refractivity (Wildman–Crippen MR) is 236 cm³/mol. The average molecular weight is 768 g/mol. The Labute approximate surface area is 339 Å². The smallest absolute Gasteiger partial charge is 0.306 e. The number of nitrogens with one attached hydrogen (secondary N) is 1. The fourth-order valence-electron chi connectivity index (χ4n) is 6.34. The zero-order valence-corrected chi connectivity index (χ0v) is 35.8. The molecule has 0 spiro atoms. The van der Waals surface area contributed by atoms with Crippen LogP contribution in [0.1, 0.15) is 201 Å². The number of amides is 1. The number of carbonyl (C=O) groups is 2. The fourth-order valence-corrected chi connectivity index (χ4v) is 6.34. The number of hydrogen-bond donors (Lipinski definition) is 3. The van der Waals surface area contributed by atoms with E-state index in [9.17, 15) is 19.8 Å². The molecule has 6 nitrogen and oxygen atoms in total. The Hall–Kier alpha value is -2.70. The molecule has 0 aliphatic heterocycles. The number of esters is 1. The van der Waals surface area contributed by atoms with Gasteiger partial charge in [-0.1, -0.05) is 171 Å². The van der Waals surface area contributed by atoms with Crippen molar-refractivity contribution in [2.45, 2.75) is 219 Å². The van der Waals surface area contributed by atoms with Gasteiger partial charge in [0.1, 0.15) is 6.10 Å². The fraction of sp³-hybridized carbons (Fsp3) is 0.714. The normalized spacial score (nSPS) is 14.1. The molecule has 0 rings (SSSR count). The highest BCUT2D eigenvalue weighted by Crippen LogP contribution is 2.16. The molecule has 3 atom stereocenters. The number of rotatable bonds is 39. The number of aliphatic hydroxyl groups excluding tert-OH is 2. The van der Waals surface area contributed by atoms with Crippen LogP contribution in [0.15, 0.2) is 72.9 Å². The molecule has 55 heavy (non-hydrogen) atoms. The van der Waals surface area contributed by atoms with E-state index in [1.54, 1.807) is 0 Å². The van der Waals surface area contributed by atoms with Crippen LogP contribution in [0.5, 0.6) is 0 Å². The summed E-state index contributed by atoms with van der Waals surface area (Å²) < 4.78 is 5.85. The van der Waals surface area contributed by atoms with Crippen molar-refractivity contribution in [2.24, 2.45) is 0 Å². The van der Waals surface area contributed by atoms with Gasteiger partial charge in [0.2, 0.25) is 5.91 Å². The summed E-state index contributed by atoms with van der Waals surface area (Å²) in [4.78, 5) is 25.9. The molecule has 6 heteroatoms. The molecular weight excluding hydrogens is 683 g/mol. The molecule has 3 unspecified atom stereocenters. The summed E-state index contributed by atoms with van der Waals surface area (Å²) in [5.41, 5.74) is 0. The first kappa shape index (κ1) is 52.3. The number of allylic oxidation sites excluding steroid dienone is 12.